The van der Waals surface area contributed by atoms with Gasteiger partial charge in [0.2, 0.25) is 0 Å². The van der Waals surface area contributed by atoms with Crippen molar-refractivity contribution in [1.29, 1.82) is 0 Å². The summed E-state index contributed by atoms with van der Waals surface area (Å²) in [4.78, 5) is 2.59. The van der Waals surface area contributed by atoms with Crippen molar-refractivity contribution >= 4 is 0 Å². The van der Waals surface area contributed by atoms with Crippen molar-refractivity contribution in [2.45, 2.75) is 19.0 Å². The van der Waals surface area contributed by atoms with Gasteiger partial charge in [-0.25, -0.2) is 0 Å². The Hall–Kier alpha value is -0.860. The Kier molecular flexibility index (Phi) is 2.47. The maximum absolute atomic E-state index is 3.51. The lowest BCUT2D eigenvalue weighted by atomic mass is 9.85. The summed E-state index contributed by atoms with van der Waals surface area (Å²) in [5, 5.41) is 3.51. The SMILES string of the molecule is c1ccc(CN2CC[C@H]3NC[C@H]3C2)cc1. The van der Waals surface area contributed by atoms with Crippen LogP contribution in [0, 0.1) is 5.92 Å². The number of nitrogens with zero attached hydrogens (tertiary/aromatic N) is 1. The predicted molar refractivity (Wildman–Crippen MR) is 61.6 cm³/mol. The van der Waals surface area contributed by atoms with Crippen molar-refractivity contribution in [2.24, 2.45) is 5.92 Å². The van der Waals surface area contributed by atoms with Crippen LogP contribution >= 0.6 is 0 Å². The van der Waals surface area contributed by atoms with Crippen LogP contribution < -0.4 is 5.32 Å². The van der Waals surface area contributed by atoms with Crippen LogP contribution in [-0.4, -0.2) is 30.6 Å². The van der Waals surface area contributed by atoms with Gasteiger partial charge in [-0.2, -0.15) is 0 Å². The molecule has 0 aromatic heterocycles. The molecule has 2 fully saturated rings. The fourth-order valence-electron chi connectivity index (χ4n) is 2.71. The molecule has 1 aromatic rings. The molecule has 2 atom stereocenters. The maximum atomic E-state index is 3.51. The van der Waals surface area contributed by atoms with Gasteiger partial charge in [0.05, 0.1) is 0 Å². The molecular formula is C13H18N2. The quantitative estimate of drug-likeness (QED) is 0.781. The molecule has 0 aliphatic carbocycles. The average molecular weight is 202 g/mol. The first-order valence-corrected chi connectivity index (χ1v) is 5.91. The summed E-state index contributed by atoms with van der Waals surface area (Å²) in [5.74, 6) is 0.919. The summed E-state index contributed by atoms with van der Waals surface area (Å²) >= 11 is 0. The third-order valence-corrected chi connectivity index (χ3v) is 3.71. The van der Waals surface area contributed by atoms with Crippen LogP contribution in [0.5, 0.6) is 0 Å². The van der Waals surface area contributed by atoms with E-state index < -0.39 is 0 Å². The third kappa shape index (κ3) is 1.92. The molecule has 3 rings (SSSR count). The van der Waals surface area contributed by atoms with E-state index in [1.165, 1.54) is 31.6 Å². The molecule has 2 nitrogen and oxygen atoms in total. The van der Waals surface area contributed by atoms with Crippen LogP contribution in [-0.2, 0) is 6.54 Å². The van der Waals surface area contributed by atoms with E-state index in [2.05, 4.69) is 40.5 Å². The number of hydrogen-bond donors (Lipinski definition) is 1. The summed E-state index contributed by atoms with van der Waals surface area (Å²) in [6.07, 6.45) is 1.33. The lowest BCUT2D eigenvalue weighted by Crippen LogP contribution is -2.61. The zero-order chi connectivity index (χ0) is 10.1. The number of nitrogens with one attached hydrogen (secondary N) is 1. The lowest BCUT2D eigenvalue weighted by Gasteiger charge is -2.46. The van der Waals surface area contributed by atoms with Crippen molar-refractivity contribution < 1.29 is 0 Å². The second kappa shape index (κ2) is 3.95. The molecule has 2 heteroatoms. The predicted octanol–water partition coefficient (Wildman–Crippen LogP) is 1.48. The molecule has 0 spiro atoms. The Morgan fingerprint density at radius 2 is 2.13 bits per heavy atom. The minimum absolute atomic E-state index is 0.831. The van der Waals surface area contributed by atoms with Crippen molar-refractivity contribution in [2.75, 3.05) is 19.6 Å². The smallest absolute Gasteiger partial charge is 0.0233 e. The molecule has 0 saturated carbocycles. The molecule has 1 aromatic carbocycles. The number of piperidine rings is 1. The highest BCUT2D eigenvalue weighted by molar-refractivity contribution is 5.14. The maximum Gasteiger partial charge on any atom is 0.0233 e. The third-order valence-electron chi connectivity index (χ3n) is 3.71. The van der Waals surface area contributed by atoms with Crippen molar-refractivity contribution in [3.05, 3.63) is 35.9 Å². The van der Waals surface area contributed by atoms with Crippen molar-refractivity contribution in [3.8, 4) is 0 Å². The van der Waals surface area contributed by atoms with Gasteiger partial charge in [-0.3, -0.25) is 4.90 Å². The first kappa shape index (κ1) is 9.37. The van der Waals surface area contributed by atoms with Gasteiger partial charge in [0.1, 0.15) is 0 Å². The summed E-state index contributed by atoms with van der Waals surface area (Å²) in [7, 11) is 0. The Balaban J connectivity index is 1.60. The largest absolute Gasteiger partial charge is 0.313 e. The molecular weight excluding hydrogens is 184 g/mol. The molecule has 2 heterocycles. The van der Waals surface area contributed by atoms with Crippen molar-refractivity contribution in [3.63, 3.8) is 0 Å². The molecule has 0 amide bonds. The minimum atomic E-state index is 0.831. The number of fused-ring (bicyclic) bond motifs is 1. The average Bonchev–Trinajstić information content (AvgIpc) is 2.24. The minimum Gasteiger partial charge on any atom is -0.313 e. The summed E-state index contributed by atoms with van der Waals surface area (Å²) in [6, 6.07) is 11.6. The number of likely N-dealkylation sites (tertiary alicyclic amines) is 1. The molecule has 2 aliphatic heterocycles. The number of hydrogen-bond acceptors (Lipinski definition) is 2. The van der Waals surface area contributed by atoms with Crippen LogP contribution in [0.1, 0.15) is 12.0 Å². The second-order valence-corrected chi connectivity index (χ2v) is 4.78. The van der Waals surface area contributed by atoms with Gasteiger partial charge in [0.25, 0.3) is 0 Å². The highest BCUT2D eigenvalue weighted by Crippen LogP contribution is 2.24. The molecule has 1 N–H and O–H groups in total. The van der Waals surface area contributed by atoms with E-state index in [0.29, 0.717) is 0 Å². The van der Waals surface area contributed by atoms with Gasteiger partial charge in [0.15, 0.2) is 0 Å². The number of benzene rings is 1. The van der Waals surface area contributed by atoms with E-state index in [-0.39, 0.29) is 0 Å². The molecule has 15 heavy (non-hydrogen) atoms. The normalized spacial score (nSPS) is 30.7. The second-order valence-electron chi connectivity index (χ2n) is 4.78. The van der Waals surface area contributed by atoms with Crippen LogP contribution in [0.15, 0.2) is 30.3 Å². The Morgan fingerprint density at radius 1 is 1.27 bits per heavy atom. The lowest BCUT2D eigenvalue weighted by molar-refractivity contribution is 0.0784. The molecule has 2 aliphatic rings. The fourth-order valence-corrected chi connectivity index (χ4v) is 2.71. The van der Waals surface area contributed by atoms with E-state index in [1.54, 1.807) is 0 Å². The zero-order valence-corrected chi connectivity index (χ0v) is 9.02. The molecule has 80 valence electrons. The van der Waals surface area contributed by atoms with Gasteiger partial charge in [-0.15, -0.1) is 0 Å². The highest BCUT2D eigenvalue weighted by atomic mass is 15.2. The van der Waals surface area contributed by atoms with E-state index in [1.807, 2.05) is 0 Å². The number of rotatable bonds is 2. The Bertz CT molecular complexity index is 323. The first-order valence-electron chi connectivity index (χ1n) is 5.91. The molecule has 0 unspecified atom stereocenters. The zero-order valence-electron chi connectivity index (χ0n) is 9.02. The fraction of sp³-hybridized carbons (Fsp3) is 0.538. The highest BCUT2D eigenvalue weighted by Gasteiger charge is 2.35. The van der Waals surface area contributed by atoms with Crippen LogP contribution in [0.25, 0.3) is 0 Å². The van der Waals surface area contributed by atoms with E-state index >= 15 is 0 Å². The standard InChI is InChI=1S/C13H18N2/c1-2-4-11(5-3-1)9-15-7-6-13-12(10-15)8-14-13/h1-5,12-14H,6-10H2/t12-,13+/m0/s1. The molecule has 2 saturated heterocycles. The van der Waals surface area contributed by atoms with E-state index in [4.69, 9.17) is 0 Å². The van der Waals surface area contributed by atoms with Crippen LogP contribution in [0.3, 0.4) is 0 Å². The van der Waals surface area contributed by atoms with Gasteiger partial charge >= 0.3 is 0 Å². The van der Waals surface area contributed by atoms with E-state index in [9.17, 15) is 0 Å². The van der Waals surface area contributed by atoms with Gasteiger partial charge in [0, 0.05) is 25.7 Å². The van der Waals surface area contributed by atoms with Gasteiger partial charge in [-0.1, -0.05) is 30.3 Å². The summed E-state index contributed by atoms with van der Waals surface area (Å²) in [6.45, 7) is 4.90. The molecule has 0 bridgehead atoms. The van der Waals surface area contributed by atoms with Gasteiger partial charge < -0.3 is 5.32 Å². The Morgan fingerprint density at radius 3 is 2.80 bits per heavy atom. The van der Waals surface area contributed by atoms with Crippen LogP contribution in [0.2, 0.25) is 0 Å². The summed E-state index contributed by atoms with van der Waals surface area (Å²) in [5.41, 5.74) is 1.45. The first-order chi connectivity index (χ1) is 7.42. The Labute approximate surface area is 91.3 Å². The van der Waals surface area contributed by atoms with E-state index in [0.717, 1.165) is 18.5 Å². The van der Waals surface area contributed by atoms with Crippen LogP contribution in [0.4, 0.5) is 0 Å². The van der Waals surface area contributed by atoms with Gasteiger partial charge in [-0.05, 0) is 24.4 Å². The summed E-state index contributed by atoms with van der Waals surface area (Å²) < 4.78 is 0. The van der Waals surface area contributed by atoms with Crippen molar-refractivity contribution in [1.82, 2.24) is 10.2 Å². The topological polar surface area (TPSA) is 15.3 Å². The monoisotopic (exact) mass is 202 g/mol. The molecule has 0 radical (unpaired) electrons.